The highest BCUT2D eigenvalue weighted by Gasteiger charge is 2.36. The molecule has 1 fully saturated rings. The van der Waals surface area contributed by atoms with Gasteiger partial charge in [-0.05, 0) is 55.8 Å². The molecule has 0 aromatic heterocycles. The van der Waals surface area contributed by atoms with Crippen LogP contribution in [0, 0.1) is 0 Å². The van der Waals surface area contributed by atoms with Crippen molar-refractivity contribution in [2.75, 3.05) is 18.1 Å². The topological polar surface area (TPSA) is 38.8 Å². The van der Waals surface area contributed by atoms with Crippen molar-refractivity contribution in [1.82, 2.24) is 0 Å². The van der Waals surface area contributed by atoms with E-state index in [-0.39, 0.29) is 10.0 Å². The zero-order chi connectivity index (χ0) is 21.9. The largest absolute Gasteiger partial charge is 0.490 e. The summed E-state index contributed by atoms with van der Waals surface area (Å²) in [7, 11) is 0. The number of amides is 1. The monoisotopic (exact) mass is 453 g/mol. The predicted octanol–water partition coefficient (Wildman–Crippen LogP) is 5.91. The average molecular weight is 454 g/mol. The number of nitrogens with zero attached hydrogens (tertiary/aromatic N) is 1. The Morgan fingerprint density at radius 1 is 1.07 bits per heavy atom. The van der Waals surface area contributed by atoms with Crippen LogP contribution in [-0.4, -0.2) is 23.4 Å². The number of carbonyl (C=O) groups is 1. The molecular weight excluding hydrogens is 435 g/mol. The maximum absolute atomic E-state index is 13.0. The molecule has 1 amide bonds. The quantitative estimate of drug-likeness (QED) is 0.402. The van der Waals surface area contributed by atoms with Crippen molar-refractivity contribution in [3.8, 4) is 11.5 Å². The molecule has 158 valence electrons. The molecule has 0 atom stereocenters. The maximum atomic E-state index is 13.0. The first-order chi connectivity index (χ1) is 14.2. The first-order valence-electron chi connectivity index (χ1n) is 9.09. The zero-order valence-electron chi connectivity index (χ0n) is 16.2. The summed E-state index contributed by atoms with van der Waals surface area (Å²) in [6, 6.07) is 9.79. The molecule has 2 aromatic rings. The van der Waals surface area contributed by atoms with Crippen molar-refractivity contribution < 1.29 is 27.4 Å². The van der Waals surface area contributed by atoms with Gasteiger partial charge >= 0.3 is 6.18 Å². The molecule has 9 heteroatoms. The molecular formula is C21H18F3NO3S2. The van der Waals surface area contributed by atoms with Gasteiger partial charge in [0.25, 0.3) is 5.91 Å². The van der Waals surface area contributed by atoms with Gasteiger partial charge in [0.05, 0.1) is 29.4 Å². The molecule has 1 aliphatic rings. The van der Waals surface area contributed by atoms with E-state index in [1.165, 1.54) is 12.1 Å². The van der Waals surface area contributed by atoms with Gasteiger partial charge in [0.1, 0.15) is 0 Å². The van der Waals surface area contributed by atoms with Gasteiger partial charge in [0.15, 0.2) is 15.8 Å². The third kappa shape index (κ3) is 4.79. The van der Waals surface area contributed by atoms with Gasteiger partial charge in [0, 0.05) is 0 Å². The van der Waals surface area contributed by atoms with E-state index in [1.54, 1.807) is 24.3 Å². The lowest BCUT2D eigenvalue weighted by Gasteiger charge is -2.16. The van der Waals surface area contributed by atoms with Crippen LogP contribution in [0.4, 0.5) is 18.9 Å². The minimum atomic E-state index is -4.51. The molecule has 30 heavy (non-hydrogen) atoms. The van der Waals surface area contributed by atoms with E-state index in [0.717, 1.165) is 28.8 Å². The van der Waals surface area contributed by atoms with Gasteiger partial charge in [-0.3, -0.25) is 9.69 Å². The van der Waals surface area contributed by atoms with Crippen LogP contribution in [0.25, 0.3) is 6.08 Å². The van der Waals surface area contributed by atoms with Crippen LogP contribution in [0.3, 0.4) is 0 Å². The number of benzene rings is 2. The van der Waals surface area contributed by atoms with E-state index in [2.05, 4.69) is 0 Å². The second-order valence-corrected chi connectivity index (χ2v) is 7.81. The molecule has 0 saturated carbocycles. The molecule has 4 nitrogen and oxygen atoms in total. The molecule has 1 aliphatic heterocycles. The molecule has 1 saturated heterocycles. The minimum Gasteiger partial charge on any atom is -0.490 e. The number of anilines is 1. The normalized spacial score (nSPS) is 15.8. The summed E-state index contributed by atoms with van der Waals surface area (Å²) in [5.41, 5.74) is -0.0743. The number of ether oxygens (including phenoxy) is 2. The molecule has 0 radical (unpaired) electrons. The highest BCUT2D eigenvalue weighted by Crippen LogP contribution is 2.39. The summed E-state index contributed by atoms with van der Waals surface area (Å²) in [5.74, 6) is 0.658. The van der Waals surface area contributed by atoms with E-state index in [1.807, 2.05) is 13.8 Å². The summed E-state index contributed by atoms with van der Waals surface area (Å²) in [4.78, 5) is 14.3. The van der Waals surface area contributed by atoms with Gasteiger partial charge in [-0.2, -0.15) is 13.2 Å². The van der Waals surface area contributed by atoms with Gasteiger partial charge in [0.2, 0.25) is 0 Å². The van der Waals surface area contributed by atoms with E-state index in [9.17, 15) is 18.0 Å². The van der Waals surface area contributed by atoms with Crippen LogP contribution in [0.1, 0.15) is 25.0 Å². The molecule has 2 aromatic carbocycles. The van der Waals surface area contributed by atoms with Crippen molar-refractivity contribution in [2.24, 2.45) is 0 Å². The maximum Gasteiger partial charge on any atom is 0.416 e. The van der Waals surface area contributed by atoms with Gasteiger partial charge in [-0.15, -0.1) is 0 Å². The minimum absolute atomic E-state index is 0.0809. The van der Waals surface area contributed by atoms with Crippen molar-refractivity contribution in [1.29, 1.82) is 0 Å². The lowest BCUT2D eigenvalue weighted by atomic mass is 10.1. The fourth-order valence-electron chi connectivity index (χ4n) is 2.82. The Morgan fingerprint density at radius 2 is 1.77 bits per heavy atom. The summed E-state index contributed by atoms with van der Waals surface area (Å²) in [6.45, 7) is 4.64. The standard InChI is InChI=1S/C21H18F3NO3S2/c1-3-27-16-9-8-13(10-17(16)28-4-2)11-18-19(26)25(20(29)30-18)15-7-5-6-14(12-15)21(22,23)24/h5-12H,3-4H2,1-2H3/b18-11+. The number of thiocarbonyl (C=S) groups is 1. The van der Waals surface area contributed by atoms with Crippen LogP contribution in [0.2, 0.25) is 0 Å². The van der Waals surface area contributed by atoms with Crippen LogP contribution in [0.5, 0.6) is 11.5 Å². The third-order valence-corrected chi connectivity index (χ3v) is 5.39. The summed E-state index contributed by atoms with van der Waals surface area (Å²) >= 11 is 6.29. The van der Waals surface area contributed by atoms with Crippen LogP contribution in [-0.2, 0) is 11.0 Å². The number of rotatable bonds is 6. The Bertz CT molecular complexity index is 1010. The Morgan fingerprint density at radius 3 is 2.43 bits per heavy atom. The Balaban J connectivity index is 1.91. The van der Waals surface area contributed by atoms with E-state index in [0.29, 0.717) is 35.2 Å². The Hall–Kier alpha value is -2.52. The molecule has 3 rings (SSSR count). The number of carbonyl (C=O) groups excluding carboxylic acids is 1. The van der Waals surface area contributed by atoms with Crippen LogP contribution >= 0.6 is 24.0 Å². The van der Waals surface area contributed by atoms with E-state index >= 15 is 0 Å². The number of halogens is 3. The smallest absolute Gasteiger partial charge is 0.416 e. The van der Waals surface area contributed by atoms with Crippen molar-refractivity contribution in [2.45, 2.75) is 20.0 Å². The molecule has 0 spiro atoms. The number of thioether (sulfide) groups is 1. The Kier molecular flexibility index (Phi) is 6.72. The fraction of sp³-hybridized carbons (Fsp3) is 0.238. The first-order valence-corrected chi connectivity index (χ1v) is 10.3. The highest BCUT2D eigenvalue weighted by molar-refractivity contribution is 8.27. The summed E-state index contributed by atoms with van der Waals surface area (Å²) in [6.07, 6.45) is -2.88. The average Bonchev–Trinajstić information content (AvgIpc) is 2.97. The zero-order valence-corrected chi connectivity index (χ0v) is 17.8. The number of alkyl halides is 3. The van der Waals surface area contributed by atoms with Gasteiger partial charge in [-0.25, -0.2) is 0 Å². The highest BCUT2D eigenvalue weighted by atomic mass is 32.2. The fourth-order valence-corrected chi connectivity index (χ4v) is 4.12. The SMILES string of the molecule is CCOc1ccc(/C=C2/SC(=S)N(c3cccc(C(F)(F)F)c3)C2=O)cc1OCC. The molecule has 0 unspecified atom stereocenters. The van der Waals surface area contributed by atoms with Crippen molar-refractivity contribution in [3.05, 3.63) is 58.5 Å². The van der Waals surface area contributed by atoms with E-state index < -0.39 is 17.6 Å². The molecule has 1 heterocycles. The Labute approximate surface area is 181 Å². The second kappa shape index (κ2) is 9.09. The lowest BCUT2D eigenvalue weighted by molar-refractivity contribution is -0.137. The van der Waals surface area contributed by atoms with Gasteiger partial charge in [-0.1, -0.05) is 36.1 Å². The molecule has 0 bridgehead atoms. The van der Waals surface area contributed by atoms with E-state index in [4.69, 9.17) is 21.7 Å². The third-order valence-electron chi connectivity index (χ3n) is 4.09. The summed E-state index contributed by atoms with van der Waals surface area (Å²) in [5, 5.41) is 0. The van der Waals surface area contributed by atoms with Crippen molar-refractivity contribution >= 4 is 46.0 Å². The predicted molar refractivity (Wildman–Crippen MR) is 116 cm³/mol. The van der Waals surface area contributed by atoms with Gasteiger partial charge < -0.3 is 9.47 Å². The molecule has 0 aliphatic carbocycles. The van der Waals surface area contributed by atoms with Crippen LogP contribution in [0.15, 0.2) is 47.4 Å². The van der Waals surface area contributed by atoms with Crippen molar-refractivity contribution in [3.63, 3.8) is 0 Å². The second-order valence-electron chi connectivity index (χ2n) is 6.14. The molecule has 0 N–H and O–H groups in total. The number of hydrogen-bond donors (Lipinski definition) is 0. The van der Waals surface area contributed by atoms with Crippen LogP contribution < -0.4 is 14.4 Å². The number of hydrogen-bond acceptors (Lipinski definition) is 5. The lowest BCUT2D eigenvalue weighted by Crippen LogP contribution is -2.27. The summed E-state index contributed by atoms with van der Waals surface area (Å²) < 4.78 is 50.4. The first kappa shape index (κ1) is 22.2.